The molecule has 1 aromatic heterocycles. The molecule has 5 heteroatoms. The van der Waals surface area contributed by atoms with Gasteiger partial charge in [-0.1, -0.05) is 12.1 Å². The molecule has 1 saturated heterocycles. The van der Waals surface area contributed by atoms with Gasteiger partial charge in [0.15, 0.2) is 5.13 Å². The van der Waals surface area contributed by atoms with E-state index in [-0.39, 0.29) is 5.82 Å². The van der Waals surface area contributed by atoms with Crippen LogP contribution in [-0.4, -0.2) is 36.1 Å². The van der Waals surface area contributed by atoms with E-state index in [1.165, 1.54) is 17.7 Å². The van der Waals surface area contributed by atoms with Crippen molar-refractivity contribution in [3.63, 3.8) is 0 Å². The number of nitrogens with zero attached hydrogens (tertiary/aromatic N) is 3. The molecule has 1 unspecified atom stereocenters. The maximum Gasteiger partial charge on any atom is 0.185 e. The van der Waals surface area contributed by atoms with Gasteiger partial charge in [-0.15, -0.1) is 11.3 Å². The summed E-state index contributed by atoms with van der Waals surface area (Å²) < 4.78 is 13.0. The van der Waals surface area contributed by atoms with E-state index in [1.807, 2.05) is 23.7 Å². The Labute approximate surface area is 122 Å². The molecule has 0 radical (unpaired) electrons. The van der Waals surface area contributed by atoms with Crippen LogP contribution in [0, 0.1) is 5.82 Å². The minimum absolute atomic E-state index is 0.172. The van der Waals surface area contributed by atoms with Gasteiger partial charge in [0.25, 0.3) is 0 Å². The highest BCUT2D eigenvalue weighted by Crippen LogP contribution is 2.24. The van der Waals surface area contributed by atoms with E-state index in [4.69, 9.17) is 0 Å². The smallest absolute Gasteiger partial charge is 0.185 e. The second kappa shape index (κ2) is 5.89. The monoisotopic (exact) mass is 291 g/mol. The molecule has 3 nitrogen and oxygen atoms in total. The van der Waals surface area contributed by atoms with Crippen molar-refractivity contribution in [1.82, 2.24) is 9.88 Å². The normalized spacial score (nSPS) is 18.2. The van der Waals surface area contributed by atoms with Crippen molar-refractivity contribution in [2.45, 2.75) is 13.0 Å². The predicted molar refractivity (Wildman–Crippen MR) is 80.7 cm³/mol. The van der Waals surface area contributed by atoms with Crippen LogP contribution in [-0.2, 0) is 0 Å². The van der Waals surface area contributed by atoms with Gasteiger partial charge in [0.2, 0.25) is 0 Å². The molecule has 2 heterocycles. The first kappa shape index (κ1) is 13.5. The summed E-state index contributed by atoms with van der Waals surface area (Å²) in [6, 6.07) is 7.17. The third-order valence-electron chi connectivity index (χ3n) is 3.90. The van der Waals surface area contributed by atoms with Crippen molar-refractivity contribution >= 4 is 16.5 Å². The number of benzene rings is 1. The highest BCUT2D eigenvalue weighted by molar-refractivity contribution is 7.13. The Kier molecular flexibility index (Phi) is 3.98. The molecular weight excluding hydrogens is 273 g/mol. The quantitative estimate of drug-likeness (QED) is 0.866. The second-order valence-corrected chi connectivity index (χ2v) is 5.94. The Morgan fingerprint density at radius 1 is 1.15 bits per heavy atom. The van der Waals surface area contributed by atoms with E-state index in [1.54, 1.807) is 11.3 Å². The molecule has 0 saturated carbocycles. The maximum atomic E-state index is 13.0. The van der Waals surface area contributed by atoms with Crippen LogP contribution in [0.15, 0.2) is 35.8 Å². The molecule has 1 aromatic carbocycles. The standard InChI is InChI=1S/C15H18FN3S/c1-12(13-2-4-14(16)5-3-13)18-7-9-19(10-8-18)15-17-6-11-20-15/h2-6,11-12H,7-10H2,1H3. The van der Waals surface area contributed by atoms with E-state index in [0.717, 1.165) is 31.3 Å². The van der Waals surface area contributed by atoms with Crippen LogP contribution in [0.3, 0.4) is 0 Å². The van der Waals surface area contributed by atoms with Crippen molar-refractivity contribution in [3.05, 3.63) is 47.2 Å². The Morgan fingerprint density at radius 2 is 1.85 bits per heavy atom. The number of thiazole rings is 1. The highest BCUT2D eigenvalue weighted by atomic mass is 32.1. The van der Waals surface area contributed by atoms with Gasteiger partial charge >= 0.3 is 0 Å². The fourth-order valence-electron chi connectivity index (χ4n) is 2.62. The van der Waals surface area contributed by atoms with Crippen LogP contribution in [0.25, 0.3) is 0 Å². The van der Waals surface area contributed by atoms with Crippen molar-refractivity contribution < 1.29 is 4.39 Å². The van der Waals surface area contributed by atoms with Gasteiger partial charge in [-0.05, 0) is 24.6 Å². The molecule has 1 aliphatic heterocycles. The fourth-order valence-corrected chi connectivity index (χ4v) is 3.32. The number of piperazine rings is 1. The average Bonchev–Trinajstić information content (AvgIpc) is 3.02. The summed E-state index contributed by atoms with van der Waals surface area (Å²) in [6.45, 7) is 6.21. The molecule has 0 bridgehead atoms. The molecule has 1 atom stereocenters. The lowest BCUT2D eigenvalue weighted by molar-refractivity contribution is 0.198. The summed E-state index contributed by atoms with van der Waals surface area (Å²) in [7, 11) is 0. The number of halogens is 1. The lowest BCUT2D eigenvalue weighted by atomic mass is 10.1. The second-order valence-electron chi connectivity index (χ2n) is 5.07. The van der Waals surface area contributed by atoms with Crippen LogP contribution >= 0.6 is 11.3 Å². The molecule has 3 rings (SSSR count). The third-order valence-corrected chi connectivity index (χ3v) is 4.74. The minimum Gasteiger partial charge on any atom is -0.346 e. The van der Waals surface area contributed by atoms with Gasteiger partial charge < -0.3 is 4.90 Å². The van der Waals surface area contributed by atoms with Crippen molar-refractivity contribution in [1.29, 1.82) is 0 Å². The van der Waals surface area contributed by atoms with Gasteiger partial charge in [0, 0.05) is 43.8 Å². The summed E-state index contributed by atoms with van der Waals surface area (Å²) in [5, 5.41) is 3.13. The third kappa shape index (κ3) is 2.83. The Bertz CT molecular complexity index is 533. The zero-order chi connectivity index (χ0) is 13.9. The Balaban J connectivity index is 1.61. The molecule has 106 valence electrons. The fraction of sp³-hybridized carbons (Fsp3) is 0.400. The molecule has 0 N–H and O–H groups in total. The highest BCUT2D eigenvalue weighted by Gasteiger charge is 2.23. The molecule has 0 spiro atoms. The summed E-state index contributed by atoms with van der Waals surface area (Å²) in [5.41, 5.74) is 1.18. The first-order valence-electron chi connectivity index (χ1n) is 6.88. The van der Waals surface area contributed by atoms with Crippen LogP contribution < -0.4 is 4.90 Å². The number of anilines is 1. The largest absolute Gasteiger partial charge is 0.346 e. The molecule has 20 heavy (non-hydrogen) atoms. The summed E-state index contributed by atoms with van der Waals surface area (Å²) >= 11 is 1.69. The first-order chi connectivity index (χ1) is 9.74. The van der Waals surface area contributed by atoms with E-state index < -0.39 is 0 Å². The van der Waals surface area contributed by atoms with Crippen LogP contribution in [0.1, 0.15) is 18.5 Å². The minimum atomic E-state index is -0.172. The van der Waals surface area contributed by atoms with E-state index in [0.29, 0.717) is 6.04 Å². The zero-order valence-corrected chi connectivity index (χ0v) is 12.3. The predicted octanol–water partition coefficient (Wildman–Crippen LogP) is 3.17. The SMILES string of the molecule is CC(c1ccc(F)cc1)N1CCN(c2nccs2)CC1. The Hall–Kier alpha value is -1.46. The summed E-state index contributed by atoms with van der Waals surface area (Å²) in [4.78, 5) is 9.14. The topological polar surface area (TPSA) is 19.4 Å². The summed E-state index contributed by atoms with van der Waals surface area (Å²) in [6.07, 6.45) is 1.85. The van der Waals surface area contributed by atoms with Crippen molar-refractivity contribution in [2.75, 3.05) is 31.1 Å². The molecule has 0 amide bonds. The van der Waals surface area contributed by atoms with Gasteiger partial charge in [0.1, 0.15) is 5.82 Å². The van der Waals surface area contributed by atoms with E-state index >= 15 is 0 Å². The number of rotatable bonds is 3. The van der Waals surface area contributed by atoms with Gasteiger partial charge in [-0.3, -0.25) is 4.90 Å². The summed E-state index contributed by atoms with van der Waals surface area (Å²) in [5.74, 6) is -0.172. The molecule has 2 aromatic rings. The van der Waals surface area contributed by atoms with Crippen LogP contribution in [0.5, 0.6) is 0 Å². The number of hydrogen-bond donors (Lipinski definition) is 0. The first-order valence-corrected chi connectivity index (χ1v) is 7.76. The average molecular weight is 291 g/mol. The van der Waals surface area contributed by atoms with E-state index in [9.17, 15) is 4.39 Å². The molecule has 0 aliphatic carbocycles. The van der Waals surface area contributed by atoms with Gasteiger partial charge in [-0.2, -0.15) is 0 Å². The van der Waals surface area contributed by atoms with Gasteiger partial charge in [0.05, 0.1) is 0 Å². The maximum absolute atomic E-state index is 13.0. The van der Waals surface area contributed by atoms with Gasteiger partial charge in [-0.25, -0.2) is 9.37 Å². The lowest BCUT2D eigenvalue weighted by Gasteiger charge is -2.38. The van der Waals surface area contributed by atoms with Crippen molar-refractivity contribution in [2.24, 2.45) is 0 Å². The van der Waals surface area contributed by atoms with Crippen LogP contribution in [0.2, 0.25) is 0 Å². The zero-order valence-electron chi connectivity index (χ0n) is 11.5. The number of aromatic nitrogens is 1. The van der Waals surface area contributed by atoms with E-state index in [2.05, 4.69) is 21.7 Å². The molecule has 1 fully saturated rings. The number of hydrogen-bond acceptors (Lipinski definition) is 4. The molecular formula is C15H18FN3S. The molecule has 1 aliphatic rings. The Morgan fingerprint density at radius 3 is 2.45 bits per heavy atom. The lowest BCUT2D eigenvalue weighted by Crippen LogP contribution is -2.47. The van der Waals surface area contributed by atoms with Crippen molar-refractivity contribution in [3.8, 4) is 0 Å². The van der Waals surface area contributed by atoms with Crippen LogP contribution in [0.4, 0.5) is 9.52 Å².